The van der Waals surface area contributed by atoms with E-state index in [4.69, 9.17) is 21.1 Å². The maximum Gasteiger partial charge on any atom is 0.306 e. The number of halogens is 1. The van der Waals surface area contributed by atoms with Crippen LogP contribution in [-0.4, -0.2) is 25.1 Å². The van der Waals surface area contributed by atoms with Crippen molar-refractivity contribution in [2.45, 2.75) is 45.1 Å². The Hall–Kier alpha value is -1.75. The number of rotatable bonds is 6. The predicted octanol–water partition coefficient (Wildman–Crippen LogP) is 4.05. The SMILES string of the molecule is COc1ccc(Cl)cc1NC(=O)[C@H](C)OC(=O)C[C@@H]1C[C@H]2CC[C@H]1C2. The number of hydrogen-bond donors (Lipinski definition) is 1. The highest BCUT2D eigenvalue weighted by molar-refractivity contribution is 6.31. The zero-order valence-electron chi connectivity index (χ0n) is 14.6. The fourth-order valence-corrected chi connectivity index (χ4v) is 4.32. The Morgan fingerprint density at radius 2 is 2.12 bits per heavy atom. The van der Waals surface area contributed by atoms with E-state index >= 15 is 0 Å². The third-order valence-corrected chi connectivity index (χ3v) is 5.65. The molecule has 2 fully saturated rings. The van der Waals surface area contributed by atoms with Gasteiger partial charge in [0.15, 0.2) is 6.10 Å². The Balaban J connectivity index is 1.52. The standard InChI is InChI=1S/C19H24ClNO4/c1-11(19(23)21-16-10-15(20)5-6-17(16)24-2)25-18(22)9-14-8-12-3-4-13(14)7-12/h5-6,10-14H,3-4,7-9H2,1-2H3,(H,21,23)/t11-,12-,13-,14-/m0/s1. The second-order valence-electron chi connectivity index (χ2n) is 7.11. The van der Waals surface area contributed by atoms with E-state index in [-0.39, 0.29) is 5.97 Å². The number of anilines is 1. The minimum absolute atomic E-state index is 0.293. The topological polar surface area (TPSA) is 64.6 Å². The summed E-state index contributed by atoms with van der Waals surface area (Å²) in [6.45, 7) is 1.57. The van der Waals surface area contributed by atoms with E-state index in [1.165, 1.54) is 26.4 Å². The summed E-state index contributed by atoms with van der Waals surface area (Å²) >= 11 is 5.95. The molecule has 2 aliphatic rings. The molecule has 0 spiro atoms. The van der Waals surface area contributed by atoms with Gasteiger partial charge in [0.25, 0.3) is 5.91 Å². The van der Waals surface area contributed by atoms with Gasteiger partial charge in [-0.3, -0.25) is 9.59 Å². The molecule has 4 atom stereocenters. The molecule has 2 aliphatic carbocycles. The number of ether oxygens (including phenoxy) is 2. The van der Waals surface area contributed by atoms with Gasteiger partial charge in [0, 0.05) is 11.4 Å². The van der Waals surface area contributed by atoms with Crippen LogP contribution in [0.15, 0.2) is 18.2 Å². The molecule has 6 heteroatoms. The molecule has 2 bridgehead atoms. The van der Waals surface area contributed by atoms with Crippen molar-refractivity contribution in [2.24, 2.45) is 17.8 Å². The second-order valence-corrected chi connectivity index (χ2v) is 7.54. The molecule has 1 aromatic carbocycles. The van der Waals surface area contributed by atoms with E-state index in [0.29, 0.717) is 34.7 Å². The zero-order valence-corrected chi connectivity index (χ0v) is 15.3. The van der Waals surface area contributed by atoms with Gasteiger partial charge in [-0.25, -0.2) is 0 Å². The minimum Gasteiger partial charge on any atom is -0.495 e. The van der Waals surface area contributed by atoms with Crippen molar-refractivity contribution < 1.29 is 19.1 Å². The normalized spacial score (nSPS) is 25.5. The van der Waals surface area contributed by atoms with Crippen LogP contribution in [0.1, 0.15) is 39.0 Å². The Morgan fingerprint density at radius 1 is 1.32 bits per heavy atom. The van der Waals surface area contributed by atoms with Crippen molar-refractivity contribution in [3.8, 4) is 5.75 Å². The van der Waals surface area contributed by atoms with Gasteiger partial charge in [0.1, 0.15) is 5.75 Å². The third kappa shape index (κ3) is 4.27. The first-order valence-corrected chi connectivity index (χ1v) is 9.18. The van der Waals surface area contributed by atoms with Crippen LogP contribution in [0.4, 0.5) is 5.69 Å². The van der Waals surface area contributed by atoms with Gasteiger partial charge in [0.2, 0.25) is 0 Å². The number of esters is 1. The molecular weight excluding hydrogens is 342 g/mol. The number of amides is 1. The Labute approximate surface area is 153 Å². The predicted molar refractivity (Wildman–Crippen MR) is 95.7 cm³/mol. The van der Waals surface area contributed by atoms with E-state index < -0.39 is 12.0 Å². The fraction of sp³-hybridized carbons (Fsp3) is 0.579. The van der Waals surface area contributed by atoms with Crippen LogP contribution in [0.2, 0.25) is 5.02 Å². The first kappa shape index (κ1) is 18.1. The van der Waals surface area contributed by atoms with Gasteiger partial charge >= 0.3 is 5.97 Å². The lowest BCUT2D eigenvalue weighted by Gasteiger charge is -2.21. The molecule has 25 heavy (non-hydrogen) atoms. The molecule has 5 nitrogen and oxygen atoms in total. The summed E-state index contributed by atoms with van der Waals surface area (Å²) in [5.74, 6) is 1.68. The van der Waals surface area contributed by atoms with E-state index in [1.807, 2.05) is 0 Å². The number of fused-ring (bicyclic) bond motifs is 2. The van der Waals surface area contributed by atoms with Gasteiger partial charge in [-0.15, -0.1) is 0 Å². The monoisotopic (exact) mass is 365 g/mol. The molecule has 136 valence electrons. The third-order valence-electron chi connectivity index (χ3n) is 5.41. The summed E-state index contributed by atoms with van der Waals surface area (Å²) in [6.07, 6.45) is 4.46. The van der Waals surface area contributed by atoms with E-state index in [2.05, 4.69) is 5.32 Å². The van der Waals surface area contributed by atoms with Crippen molar-refractivity contribution in [2.75, 3.05) is 12.4 Å². The molecule has 1 amide bonds. The number of nitrogens with one attached hydrogen (secondary N) is 1. The van der Waals surface area contributed by atoms with Gasteiger partial charge in [0.05, 0.1) is 12.8 Å². The van der Waals surface area contributed by atoms with Crippen molar-refractivity contribution in [1.82, 2.24) is 0 Å². The maximum absolute atomic E-state index is 12.3. The number of hydrogen-bond acceptors (Lipinski definition) is 4. The fourth-order valence-electron chi connectivity index (χ4n) is 4.15. The molecule has 1 N–H and O–H groups in total. The second kappa shape index (κ2) is 7.65. The molecular formula is C19H24ClNO4. The van der Waals surface area contributed by atoms with Crippen LogP contribution in [0.5, 0.6) is 5.75 Å². The summed E-state index contributed by atoms with van der Waals surface area (Å²) in [5.41, 5.74) is 0.455. The average Bonchev–Trinajstić information content (AvgIpc) is 3.17. The van der Waals surface area contributed by atoms with Gasteiger partial charge in [-0.05, 0) is 62.1 Å². The molecule has 0 saturated heterocycles. The molecule has 0 heterocycles. The number of benzene rings is 1. The first-order valence-electron chi connectivity index (χ1n) is 8.80. The summed E-state index contributed by atoms with van der Waals surface area (Å²) in [4.78, 5) is 24.5. The highest BCUT2D eigenvalue weighted by atomic mass is 35.5. The molecule has 0 aromatic heterocycles. The molecule has 1 aromatic rings. The van der Waals surface area contributed by atoms with Gasteiger partial charge < -0.3 is 14.8 Å². The van der Waals surface area contributed by atoms with Crippen LogP contribution in [0.3, 0.4) is 0 Å². The number of carbonyl (C=O) groups excluding carboxylic acids is 2. The summed E-state index contributed by atoms with van der Waals surface area (Å²) in [5, 5.41) is 3.19. The quantitative estimate of drug-likeness (QED) is 0.772. The van der Waals surface area contributed by atoms with Gasteiger partial charge in [-0.1, -0.05) is 18.0 Å². The summed E-state index contributed by atoms with van der Waals surface area (Å²) in [6, 6.07) is 4.95. The molecule has 2 saturated carbocycles. The number of methoxy groups -OCH3 is 1. The van der Waals surface area contributed by atoms with E-state index in [1.54, 1.807) is 25.1 Å². The summed E-state index contributed by atoms with van der Waals surface area (Å²) in [7, 11) is 1.51. The highest BCUT2D eigenvalue weighted by Crippen LogP contribution is 2.49. The Kier molecular flexibility index (Phi) is 5.52. The number of carbonyl (C=O) groups is 2. The van der Waals surface area contributed by atoms with Crippen LogP contribution in [-0.2, 0) is 14.3 Å². The Bertz CT molecular complexity index is 663. The van der Waals surface area contributed by atoms with Crippen LogP contribution >= 0.6 is 11.6 Å². The van der Waals surface area contributed by atoms with Crippen molar-refractivity contribution in [1.29, 1.82) is 0 Å². The Morgan fingerprint density at radius 3 is 2.76 bits per heavy atom. The molecule has 0 unspecified atom stereocenters. The van der Waals surface area contributed by atoms with Crippen LogP contribution < -0.4 is 10.1 Å². The van der Waals surface area contributed by atoms with Crippen LogP contribution in [0.25, 0.3) is 0 Å². The van der Waals surface area contributed by atoms with Crippen molar-refractivity contribution in [3.05, 3.63) is 23.2 Å². The molecule has 0 radical (unpaired) electrons. The average molecular weight is 366 g/mol. The van der Waals surface area contributed by atoms with Gasteiger partial charge in [-0.2, -0.15) is 0 Å². The largest absolute Gasteiger partial charge is 0.495 e. The lowest BCUT2D eigenvalue weighted by atomic mass is 9.86. The van der Waals surface area contributed by atoms with E-state index in [0.717, 1.165) is 12.3 Å². The lowest BCUT2D eigenvalue weighted by molar-refractivity contribution is -0.154. The molecule has 0 aliphatic heterocycles. The minimum atomic E-state index is -0.866. The van der Waals surface area contributed by atoms with Crippen molar-refractivity contribution in [3.63, 3.8) is 0 Å². The first-order chi connectivity index (χ1) is 12.0. The maximum atomic E-state index is 12.3. The summed E-state index contributed by atoms with van der Waals surface area (Å²) < 4.78 is 10.5. The zero-order chi connectivity index (χ0) is 18.0. The lowest BCUT2D eigenvalue weighted by Crippen LogP contribution is -2.31. The highest BCUT2D eigenvalue weighted by Gasteiger charge is 2.40. The molecule has 3 rings (SSSR count). The smallest absolute Gasteiger partial charge is 0.306 e. The van der Waals surface area contributed by atoms with Crippen molar-refractivity contribution >= 4 is 29.2 Å². The van der Waals surface area contributed by atoms with Crippen LogP contribution in [0, 0.1) is 17.8 Å². The van der Waals surface area contributed by atoms with E-state index in [9.17, 15) is 9.59 Å².